The highest BCUT2D eigenvalue weighted by Crippen LogP contribution is 2.18. The van der Waals surface area contributed by atoms with E-state index in [1.54, 1.807) is 11.3 Å². The van der Waals surface area contributed by atoms with Crippen molar-refractivity contribution in [1.29, 1.82) is 0 Å². The van der Waals surface area contributed by atoms with Crippen molar-refractivity contribution < 1.29 is 0 Å². The molecule has 1 aromatic heterocycles. The van der Waals surface area contributed by atoms with Gasteiger partial charge in [0.1, 0.15) is 5.01 Å². The summed E-state index contributed by atoms with van der Waals surface area (Å²) < 4.78 is 0. The van der Waals surface area contributed by atoms with Gasteiger partial charge in [0.15, 0.2) is 0 Å². The lowest BCUT2D eigenvalue weighted by molar-refractivity contribution is 0.336. The zero-order valence-corrected chi connectivity index (χ0v) is 11.0. The van der Waals surface area contributed by atoms with E-state index < -0.39 is 0 Å². The van der Waals surface area contributed by atoms with Gasteiger partial charge in [-0.3, -0.25) is 0 Å². The summed E-state index contributed by atoms with van der Waals surface area (Å²) in [5.41, 5.74) is 0. The van der Waals surface area contributed by atoms with Crippen LogP contribution in [0.25, 0.3) is 0 Å². The molecule has 1 N–H and O–H groups in total. The molecule has 0 spiro atoms. The molecule has 2 rings (SSSR count). The van der Waals surface area contributed by atoms with E-state index in [1.807, 2.05) is 11.6 Å². The Hall–Kier alpha value is -0.450. The highest BCUT2D eigenvalue weighted by atomic mass is 32.1. The molecule has 4 heteroatoms. The zero-order valence-electron chi connectivity index (χ0n) is 10.1. The third-order valence-corrected chi connectivity index (χ3v) is 4.31. The summed E-state index contributed by atoms with van der Waals surface area (Å²) in [7, 11) is 0. The Bertz CT molecular complexity index is 299. The fourth-order valence-corrected chi connectivity index (χ4v) is 2.92. The van der Waals surface area contributed by atoms with Crippen LogP contribution in [0.5, 0.6) is 0 Å². The molecular weight excluding hydrogens is 218 g/mol. The molecule has 1 saturated heterocycles. The molecule has 16 heavy (non-hydrogen) atoms. The molecule has 2 heterocycles. The first-order valence-corrected chi connectivity index (χ1v) is 7.02. The van der Waals surface area contributed by atoms with Crippen LogP contribution in [0.1, 0.15) is 31.3 Å². The molecule has 1 aliphatic heterocycles. The first kappa shape index (κ1) is 12.0. The summed E-state index contributed by atoms with van der Waals surface area (Å²) >= 11 is 1.73. The van der Waals surface area contributed by atoms with Crippen LogP contribution in [0.15, 0.2) is 11.6 Å². The van der Waals surface area contributed by atoms with Gasteiger partial charge in [0.25, 0.3) is 0 Å². The van der Waals surface area contributed by atoms with Crippen molar-refractivity contribution >= 4 is 11.3 Å². The van der Waals surface area contributed by atoms with Gasteiger partial charge in [-0.1, -0.05) is 6.92 Å². The van der Waals surface area contributed by atoms with Crippen LogP contribution < -0.4 is 5.32 Å². The maximum atomic E-state index is 4.34. The highest BCUT2D eigenvalue weighted by molar-refractivity contribution is 7.09. The Kier molecular flexibility index (Phi) is 4.32. The lowest BCUT2D eigenvalue weighted by Gasteiger charge is -2.16. The minimum Gasteiger partial charge on any atom is -0.308 e. The topological polar surface area (TPSA) is 28.2 Å². The van der Waals surface area contributed by atoms with Crippen LogP contribution in [-0.4, -0.2) is 36.1 Å². The second kappa shape index (κ2) is 5.75. The average molecular weight is 239 g/mol. The first-order valence-electron chi connectivity index (χ1n) is 6.14. The molecule has 0 aliphatic carbocycles. The fourth-order valence-electron chi connectivity index (χ4n) is 2.25. The number of nitrogens with zero attached hydrogens (tertiary/aromatic N) is 2. The van der Waals surface area contributed by atoms with Gasteiger partial charge in [0.2, 0.25) is 0 Å². The number of rotatable bonds is 5. The molecule has 0 bridgehead atoms. The minimum atomic E-state index is 0.399. The molecule has 1 aromatic rings. The molecule has 1 fully saturated rings. The number of likely N-dealkylation sites (tertiary alicyclic amines) is 1. The van der Waals surface area contributed by atoms with E-state index in [9.17, 15) is 0 Å². The Morgan fingerprint density at radius 3 is 3.19 bits per heavy atom. The number of hydrogen-bond donors (Lipinski definition) is 1. The molecule has 0 radical (unpaired) electrons. The van der Waals surface area contributed by atoms with Crippen LogP contribution >= 0.6 is 11.3 Å². The summed E-state index contributed by atoms with van der Waals surface area (Å²) in [5.74, 6) is 0.822. The molecule has 2 atom stereocenters. The maximum Gasteiger partial charge on any atom is 0.109 e. The monoisotopic (exact) mass is 239 g/mol. The standard InChI is InChI=1S/C12H21N3S/c1-3-15-6-4-11(9-15)8-14-10(2)12-13-5-7-16-12/h5,7,10-11,14H,3-4,6,8-9H2,1-2H3. The van der Waals surface area contributed by atoms with E-state index in [1.165, 1.54) is 31.1 Å². The van der Waals surface area contributed by atoms with Crippen LogP contribution in [0.3, 0.4) is 0 Å². The average Bonchev–Trinajstić information content (AvgIpc) is 2.96. The van der Waals surface area contributed by atoms with Crippen molar-refractivity contribution in [3.05, 3.63) is 16.6 Å². The summed E-state index contributed by atoms with van der Waals surface area (Å²) in [6.45, 7) is 9.29. The third-order valence-electron chi connectivity index (χ3n) is 3.35. The normalized spacial score (nSPS) is 23.8. The SMILES string of the molecule is CCN1CCC(CNC(C)c2nccs2)C1. The zero-order chi connectivity index (χ0) is 11.4. The van der Waals surface area contributed by atoms with Gasteiger partial charge in [0, 0.05) is 18.1 Å². The van der Waals surface area contributed by atoms with Crippen molar-refractivity contribution in [2.75, 3.05) is 26.2 Å². The lowest BCUT2D eigenvalue weighted by atomic mass is 10.1. The Labute approximate surface area is 102 Å². The molecule has 2 unspecified atom stereocenters. The van der Waals surface area contributed by atoms with Crippen LogP contribution in [0, 0.1) is 5.92 Å². The van der Waals surface area contributed by atoms with Gasteiger partial charge in [-0.25, -0.2) is 4.98 Å². The van der Waals surface area contributed by atoms with E-state index >= 15 is 0 Å². The van der Waals surface area contributed by atoms with Gasteiger partial charge < -0.3 is 10.2 Å². The van der Waals surface area contributed by atoms with Crippen molar-refractivity contribution in [1.82, 2.24) is 15.2 Å². The summed E-state index contributed by atoms with van der Waals surface area (Å²) in [6, 6.07) is 0.399. The maximum absolute atomic E-state index is 4.34. The summed E-state index contributed by atoms with van der Waals surface area (Å²) in [5, 5.41) is 6.84. The molecule has 0 amide bonds. The van der Waals surface area contributed by atoms with E-state index in [0.717, 1.165) is 12.5 Å². The van der Waals surface area contributed by atoms with E-state index in [4.69, 9.17) is 0 Å². The Morgan fingerprint density at radius 2 is 2.56 bits per heavy atom. The van der Waals surface area contributed by atoms with E-state index in [0.29, 0.717) is 6.04 Å². The smallest absolute Gasteiger partial charge is 0.109 e. The predicted molar refractivity (Wildman–Crippen MR) is 68.8 cm³/mol. The number of hydrogen-bond acceptors (Lipinski definition) is 4. The van der Waals surface area contributed by atoms with Crippen LogP contribution in [0.2, 0.25) is 0 Å². The summed E-state index contributed by atoms with van der Waals surface area (Å²) in [4.78, 5) is 6.87. The molecule has 0 saturated carbocycles. The largest absolute Gasteiger partial charge is 0.308 e. The van der Waals surface area contributed by atoms with Gasteiger partial charge >= 0.3 is 0 Å². The Balaban J connectivity index is 1.72. The highest BCUT2D eigenvalue weighted by Gasteiger charge is 2.21. The predicted octanol–water partition coefficient (Wildman–Crippen LogP) is 2.14. The fraction of sp³-hybridized carbons (Fsp3) is 0.750. The molecule has 3 nitrogen and oxygen atoms in total. The van der Waals surface area contributed by atoms with Gasteiger partial charge in [0.05, 0.1) is 6.04 Å². The summed E-state index contributed by atoms with van der Waals surface area (Å²) in [6.07, 6.45) is 3.22. The van der Waals surface area contributed by atoms with Gasteiger partial charge in [-0.2, -0.15) is 0 Å². The lowest BCUT2D eigenvalue weighted by Crippen LogP contribution is -2.28. The second-order valence-electron chi connectivity index (χ2n) is 4.55. The third kappa shape index (κ3) is 3.03. The Morgan fingerprint density at radius 1 is 1.69 bits per heavy atom. The van der Waals surface area contributed by atoms with E-state index in [-0.39, 0.29) is 0 Å². The van der Waals surface area contributed by atoms with Crippen LogP contribution in [-0.2, 0) is 0 Å². The molecule has 90 valence electrons. The second-order valence-corrected chi connectivity index (χ2v) is 5.47. The first-order chi connectivity index (χ1) is 7.79. The van der Waals surface area contributed by atoms with Crippen molar-refractivity contribution in [2.24, 2.45) is 5.92 Å². The van der Waals surface area contributed by atoms with Crippen LogP contribution in [0.4, 0.5) is 0 Å². The van der Waals surface area contributed by atoms with Gasteiger partial charge in [-0.15, -0.1) is 11.3 Å². The van der Waals surface area contributed by atoms with Crippen molar-refractivity contribution in [2.45, 2.75) is 26.3 Å². The van der Waals surface area contributed by atoms with Gasteiger partial charge in [-0.05, 0) is 38.9 Å². The quantitative estimate of drug-likeness (QED) is 0.853. The molecular formula is C12H21N3S. The number of thiazole rings is 1. The molecule has 1 aliphatic rings. The minimum absolute atomic E-state index is 0.399. The number of aromatic nitrogens is 1. The molecule has 0 aromatic carbocycles. The van der Waals surface area contributed by atoms with Crippen molar-refractivity contribution in [3.63, 3.8) is 0 Å². The van der Waals surface area contributed by atoms with E-state index in [2.05, 4.69) is 29.0 Å². The van der Waals surface area contributed by atoms with Crippen molar-refractivity contribution in [3.8, 4) is 0 Å². The number of nitrogens with one attached hydrogen (secondary N) is 1.